The first-order valence-electron chi connectivity index (χ1n) is 16.9. The van der Waals surface area contributed by atoms with Crippen molar-refractivity contribution in [1.29, 1.82) is 0 Å². The fourth-order valence-electron chi connectivity index (χ4n) is 6.35. The van der Waals surface area contributed by atoms with Gasteiger partial charge in [0.2, 0.25) is 0 Å². The lowest BCUT2D eigenvalue weighted by atomic mass is 9.94. The van der Waals surface area contributed by atoms with E-state index < -0.39 is 66.9 Å². The highest BCUT2D eigenvalue weighted by molar-refractivity contribution is 6.39. The number of hydrogen-bond donors (Lipinski definition) is 6. The molecule has 0 radical (unpaired) electrons. The summed E-state index contributed by atoms with van der Waals surface area (Å²) in [6.07, 6.45) is 0.383. The molecule has 6 rings (SSSR count). The molecule has 0 fully saturated rings. The Labute approximate surface area is 327 Å². The van der Waals surface area contributed by atoms with Crippen LogP contribution >= 0.6 is 23.2 Å². The van der Waals surface area contributed by atoms with Crippen molar-refractivity contribution in [3.05, 3.63) is 94.3 Å². The number of carboxylic acids is 2. The Hall–Kier alpha value is -5.94. The Kier molecular flexibility index (Phi) is 11.9. The molecule has 6 N–H and O–H groups in total. The molecule has 1 atom stereocenters. The van der Waals surface area contributed by atoms with Gasteiger partial charge >= 0.3 is 11.9 Å². The molecule has 2 heterocycles. The van der Waals surface area contributed by atoms with Crippen LogP contribution in [0.3, 0.4) is 0 Å². The van der Waals surface area contributed by atoms with E-state index in [1.807, 2.05) is 0 Å². The van der Waals surface area contributed by atoms with Crippen molar-refractivity contribution in [2.45, 2.75) is 6.04 Å². The maximum Gasteiger partial charge on any atom is 0.355 e. The summed E-state index contributed by atoms with van der Waals surface area (Å²) in [6.45, 7) is -1.83. The third-order valence-electron chi connectivity index (χ3n) is 9.10. The van der Waals surface area contributed by atoms with E-state index in [2.05, 4.69) is 10.6 Å². The number of aliphatic carboxylic acids is 2. The van der Waals surface area contributed by atoms with Gasteiger partial charge in [-0.15, -0.1) is 0 Å². The van der Waals surface area contributed by atoms with E-state index in [0.29, 0.717) is 17.4 Å². The van der Waals surface area contributed by atoms with E-state index in [1.54, 1.807) is 36.4 Å². The lowest BCUT2D eigenvalue weighted by molar-refractivity contribution is -0.140. The van der Waals surface area contributed by atoms with Crippen LogP contribution in [0.1, 0.15) is 0 Å². The number of aliphatic hydroxyl groups excluding tert-OH is 2. The third kappa shape index (κ3) is 7.64. The largest absolute Gasteiger partial charge is 0.513 e. The number of aliphatic hydroxyl groups is 2. The molecule has 4 aromatic carbocycles. The zero-order valence-corrected chi connectivity index (χ0v) is 30.5. The Morgan fingerprint density at radius 3 is 1.61 bits per heavy atom. The van der Waals surface area contributed by atoms with Crippen molar-refractivity contribution in [3.63, 3.8) is 0 Å². The van der Waals surface area contributed by atoms with E-state index in [4.69, 9.17) is 48.0 Å². The number of fused-ring (bicyclic) bond motifs is 2. The number of benzene rings is 4. The van der Waals surface area contributed by atoms with Crippen molar-refractivity contribution in [3.8, 4) is 44.9 Å². The second kappa shape index (κ2) is 16.8. The highest BCUT2D eigenvalue weighted by Gasteiger charge is 2.32. The average Bonchev–Trinajstić information content (AvgIpc) is 3.17. The van der Waals surface area contributed by atoms with Gasteiger partial charge in [-0.1, -0.05) is 59.6 Å². The molecule has 56 heavy (non-hydrogen) atoms. The SMILES string of the molecule is O=C(O)/C(=C\O)NCCN1C(=O)COc2c1ccc(-c1cccc(-c3cccc(-c4ccc5c(c4F)OCC(=O)N5CCNC(CO)C(=O)O)c3Cl)c1Cl)c2F. The molecule has 2 amide bonds. The number of carbonyl (C=O) groups is 4. The number of carbonyl (C=O) groups excluding carboxylic acids is 2. The van der Waals surface area contributed by atoms with E-state index >= 15 is 8.78 Å². The molecule has 0 aliphatic carbocycles. The second-order valence-corrected chi connectivity index (χ2v) is 13.1. The highest BCUT2D eigenvalue weighted by atomic mass is 35.5. The molecule has 2 aliphatic rings. The Balaban J connectivity index is 1.29. The smallest absolute Gasteiger partial charge is 0.355 e. The van der Waals surface area contributed by atoms with Crippen molar-refractivity contribution >= 4 is 58.3 Å². The van der Waals surface area contributed by atoms with Gasteiger partial charge in [-0.05, 0) is 24.3 Å². The first-order chi connectivity index (χ1) is 26.9. The molecular weight excluding hydrogens is 781 g/mol. The number of nitrogens with zero attached hydrogens (tertiary/aromatic N) is 2. The Morgan fingerprint density at radius 1 is 0.750 bits per heavy atom. The zero-order chi connectivity index (χ0) is 40.3. The van der Waals surface area contributed by atoms with Crippen LogP contribution < -0.4 is 29.9 Å². The number of anilines is 2. The molecule has 292 valence electrons. The molecule has 4 aromatic rings. The molecule has 1 unspecified atom stereocenters. The van der Waals surface area contributed by atoms with Crippen molar-refractivity contribution in [2.75, 3.05) is 55.8 Å². The standard InChI is InChI=1S/C38H32Cl2F2N4O10/c39-31-19(3-1-5-21(31)23-7-9-27-35(33(23)41)55-17-29(49)45(27)13-11-43-25(15-47)37(51)52)20-4-2-6-22(32(20)40)24-8-10-28-36(34(24)42)56-18-30(50)46(28)14-12-44-26(16-48)38(53)54/h1-10,15,26,43-44,47-48H,11-14,16-18H2,(H,51,52)(H,53,54)/b25-15+. The number of hydrogen-bond acceptors (Lipinski definition) is 10. The minimum atomic E-state index is -1.41. The molecule has 0 bridgehead atoms. The maximum atomic E-state index is 16.2. The summed E-state index contributed by atoms with van der Waals surface area (Å²) in [5.41, 5.74) is 1.08. The van der Waals surface area contributed by atoms with Crippen molar-refractivity contribution in [1.82, 2.24) is 10.6 Å². The molecule has 0 aromatic heterocycles. The lowest BCUT2D eigenvalue weighted by Gasteiger charge is -2.30. The second-order valence-electron chi connectivity index (χ2n) is 12.4. The fraction of sp³-hybridized carbons (Fsp3) is 0.211. The zero-order valence-electron chi connectivity index (χ0n) is 29.0. The maximum absolute atomic E-state index is 16.2. The van der Waals surface area contributed by atoms with Gasteiger partial charge < -0.3 is 50.3 Å². The van der Waals surface area contributed by atoms with Gasteiger partial charge in [0.1, 0.15) is 12.3 Å². The predicted molar refractivity (Wildman–Crippen MR) is 201 cm³/mol. The normalized spacial score (nSPS) is 14.4. The van der Waals surface area contributed by atoms with Crippen molar-refractivity contribution in [2.24, 2.45) is 0 Å². The number of rotatable bonds is 14. The third-order valence-corrected chi connectivity index (χ3v) is 9.92. The summed E-state index contributed by atoms with van der Waals surface area (Å²) < 4.78 is 43.4. The van der Waals surface area contributed by atoms with Gasteiger partial charge in [-0.3, -0.25) is 14.4 Å². The van der Waals surface area contributed by atoms with Crippen LogP contribution in [0.2, 0.25) is 10.0 Å². The molecule has 0 saturated carbocycles. The first kappa shape index (κ1) is 39.7. The highest BCUT2D eigenvalue weighted by Crippen LogP contribution is 2.47. The summed E-state index contributed by atoms with van der Waals surface area (Å²) >= 11 is 13.9. The Morgan fingerprint density at radius 2 is 1.20 bits per heavy atom. The quantitative estimate of drug-likeness (QED) is 0.0751. The van der Waals surface area contributed by atoms with Crippen LogP contribution in [-0.2, 0) is 19.2 Å². The van der Waals surface area contributed by atoms with Gasteiger partial charge in [0, 0.05) is 59.6 Å². The summed E-state index contributed by atoms with van der Waals surface area (Å²) in [5, 5.41) is 42.0. The molecule has 0 saturated heterocycles. The van der Waals surface area contributed by atoms with E-state index in [9.17, 15) is 24.3 Å². The van der Waals surface area contributed by atoms with Gasteiger partial charge in [0.05, 0.1) is 28.0 Å². The summed E-state index contributed by atoms with van der Waals surface area (Å²) in [4.78, 5) is 50.3. The molecule has 0 spiro atoms. The monoisotopic (exact) mass is 812 g/mol. The first-order valence-corrected chi connectivity index (χ1v) is 17.6. The van der Waals surface area contributed by atoms with Gasteiger partial charge in [0.25, 0.3) is 11.8 Å². The number of ether oxygens (including phenoxy) is 2. The van der Waals surface area contributed by atoms with Crippen molar-refractivity contribution < 1.29 is 57.9 Å². The van der Waals surface area contributed by atoms with Crippen LogP contribution in [0.5, 0.6) is 11.5 Å². The topological polar surface area (TPSA) is 198 Å². The number of halogens is 4. The lowest BCUT2D eigenvalue weighted by Crippen LogP contribution is -2.47. The minimum Gasteiger partial charge on any atom is -0.513 e. The van der Waals surface area contributed by atoms with Crippen LogP contribution in [0, 0.1) is 11.6 Å². The van der Waals surface area contributed by atoms with Crippen LogP contribution in [0.4, 0.5) is 20.2 Å². The predicted octanol–water partition coefficient (Wildman–Crippen LogP) is 4.83. The summed E-state index contributed by atoms with van der Waals surface area (Å²) in [6, 6.07) is 14.3. The average molecular weight is 814 g/mol. The molecule has 14 nitrogen and oxygen atoms in total. The Bertz CT molecular complexity index is 2270. The number of carboxylic acid groups (broad SMARTS) is 2. The fourth-order valence-corrected chi connectivity index (χ4v) is 7.00. The van der Waals surface area contributed by atoms with Gasteiger partial charge in [-0.25, -0.2) is 13.6 Å². The van der Waals surface area contributed by atoms with Crippen LogP contribution in [-0.4, -0.2) is 96.2 Å². The van der Waals surface area contributed by atoms with Gasteiger partial charge in [0.15, 0.2) is 42.0 Å². The van der Waals surface area contributed by atoms with E-state index in [0.717, 1.165) is 0 Å². The number of nitrogens with one attached hydrogen (secondary N) is 2. The van der Waals surface area contributed by atoms with Gasteiger partial charge in [-0.2, -0.15) is 0 Å². The molecular formula is C38H32Cl2F2N4O10. The van der Waals surface area contributed by atoms with Crippen LogP contribution in [0.25, 0.3) is 33.4 Å². The summed E-state index contributed by atoms with van der Waals surface area (Å²) in [7, 11) is 0. The van der Waals surface area contributed by atoms with E-state index in [1.165, 1.54) is 34.1 Å². The molecule has 18 heteroatoms. The summed E-state index contributed by atoms with van der Waals surface area (Å²) in [5.74, 6) is -5.72. The number of amides is 2. The minimum absolute atomic E-state index is 0.0149. The van der Waals surface area contributed by atoms with Crippen LogP contribution in [0.15, 0.2) is 72.6 Å². The van der Waals surface area contributed by atoms with E-state index in [-0.39, 0.29) is 81.4 Å². The molecule has 2 aliphatic heterocycles.